The Hall–Kier alpha value is -9.82. The molecule has 1 nitrogen and oxygen atoms in total. The molecule has 356 valence electrons. The van der Waals surface area contributed by atoms with Crippen molar-refractivity contribution < 1.29 is 0 Å². The van der Waals surface area contributed by atoms with Gasteiger partial charge in [-0.25, -0.2) is 0 Å². The zero-order chi connectivity index (χ0) is 50.4. The van der Waals surface area contributed by atoms with Crippen LogP contribution in [-0.4, -0.2) is 0 Å². The number of fused-ring (bicyclic) bond motifs is 6. The van der Waals surface area contributed by atoms with Gasteiger partial charge in [-0.15, -0.1) is 0 Å². The van der Waals surface area contributed by atoms with Crippen LogP contribution < -0.4 is 4.90 Å². The lowest BCUT2D eigenvalue weighted by Crippen LogP contribution is -2.28. The van der Waals surface area contributed by atoms with E-state index in [0.29, 0.717) is 0 Å². The standard InChI is InChI=1S/C75H51N/c1-7-25-52(26-8-1)57-47-58(53-27-9-2-10-28-53)49-62(48-57)76(61-44-46-71-68(51-61)66-39-21-23-41-70(66)75(71,59-33-15-5-16-34-59)60-35-17-6-18-36-60)72-42-24-22-37-63(72)56-43-45-65-64-38-19-20-40-67(64)73(54-29-11-3-12-30-54)74(69(65)50-56)55-31-13-4-14-32-55/h1-51H. The third-order valence-corrected chi connectivity index (χ3v) is 15.7. The molecule has 14 rings (SSSR count). The Morgan fingerprint density at radius 1 is 0.224 bits per heavy atom. The van der Waals surface area contributed by atoms with Gasteiger partial charge in [0, 0.05) is 16.9 Å². The molecule has 0 heterocycles. The molecule has 0 spiro atoms. The molecule has 1 aliphatic carbocycles. The van der Waals surface area contributed by atoms with Gasteiger partial charge in [-0.3, -0.25) is 0 Å². The first-order chi connectivity index (χ1) is 37.7. The van der Waals surface area contributed by atoms with Gasteiger partial charge in [0.05, 0.1) is 11.1 Å². The highest BCUT2D eigenvalue weighted by Crippen LogP contribution is 2.58. The summed E-state index contributed by atoms with van der Waals surface area (Å²) in [7, 11) is 0. The van der Waals surface area contributed by atoms with Crippen molar-refractivity contribution >= 4 is 38.6 Å². The van der Waals surface area contributed by atoms with Gasteiger partial charge < -0.3 is 4.90 Å². The zero-order valence-corrected chi connectivity index (χ0v) is 41.9. The third kappa shape index (κ3) is 7.47. The molecule has 0 aliphatic heterocycles. The van der Waals surface area contributed by atoms with Crippen LogP contribution in [0.15, 0.2) is 309 Å². The molecule has 0 atom stereocenters. The van der Waals surface area contributed by atoms with Gasteiger partial charge in [-0.1, -0.05) is 267 Å². The predicted molar refractivity (Wildman–Crippen MR) is 321 cm³/mol. The molecular weight excluding hydrogens is 915 g/mol. The average molecular weight is 966 g/mol. The van der Waals surface area contributed by atoms with Crippen LogP contribution in [0.1, 0.15) is 22.3 Å². The second-order valence-electron chi connectivity index (χ2n) is 19.9. The van der Waals surface area contributed by atoms with Crippen LogP contribution in [0.4, 0.5) is 17.1 Å². The summed E-state index contributed by atoms with van der Waals surface area (Å²) in [5.41, 5.74) is 22.0. The van der Waals surface area contributed by atoms with E-state index in [1.54, 1.807) is 0 Å². The number of nitrogens with zero attached hydrogens (tertiary/aromatic N) is 1. The molecule has 0 aromatic heterocycles. The summed E-state index contributed by atoms with van der Waals surface area (Å²) in [4.78, 5) is 2.51. The number of benzene rings is 13. The Morgan fingerprint density at radius 2 is 0.671 bits per heavy atom. The molecule has 0 saturated carbocycles. The highest BCUT2D eigenvalue weighted by Gasteiger charge is 2.46. The van der Waals surface area contributed by atoms with Gasteiger partial charge in [0.2, 0.25) is 0 Å². The number of hydrogen-bond donors (Lipinski definition) is 0. The Balaban J connectivity index is 1.05. The lowest BCUT2D eigenvalue weighted by molar-refractivity contribution is 0.768. The lowest BCUT2D eigenvalue weighted by Gasteiger charge is -2.34. The van der Waals surface area contributed by atoms with Gasteiger partial charge in [-0.05, 0) is 147 Å². The first-order valence-corrected chi connectivity index (χ1v) is 26.3. The Morgan fingerprint density at radius 3 is 1.26 bits per heavy atom. The van der Waals surface area contributed by atoms with Crippen LogP contribution >= 0.6 is 0 Å². The molecule has 0 unspecified atom stereocenters. The molecule has 0 N–H and O–H groups in total. The fraction of sp³-hybridized carbons (Fsp3) is 0.0133. The first-order valence-electron chi connectivity index (χ1n) is 26.3. The van der Waals surface area contributed by atoms with Gasteiger partial charge in [0.15, 0.2) is 0 Å². The molecule has 0 fully saturated rings. The van der Waals surface area contributed by atoms with Crippen LogP contribution in [0.5, 0.6) is 0 Å². The van der Waals surface area contributed by atoms with E-state index in [2.05, 4.69) is 314 Å². The van der Waals surface area contributed by atoms with E-state index in [4.69, 9.17) is 0 Å². The molecule has 0 bridgehead atoms. The summed E-state index contributed by atoms with van der Waals surface area (Å²) in [6.07, 6.45) is 0. The summed E-state index contributed by atoms with van der Waals surface area (Å²) in [5.74, 6) is 0. The van der Waals surface area contributed by atoms with Crippen molar-refractivity contribution in [2.75, 3.05) is 4.90 Å². The van der Waals surface area contributed by atoms with E-state index >= 15 is 0 Å². The van der Waals surface area contributed by atoms with Crippen molar-refractivity contribution in [1.29, 1.82) is 0 Å². The van der Waals surface area contributed by atoms with Crippen molar-refractivity contribution in [2.24, 2.45) is 0 Å². The SMILES string of the molecule is c1ccc(-c2cc(-c3ccccc3)cc(N(c3ccc4c(c3)-c3ccccc3C4(c3ccccc3)c3ccccc3)c3ccccc3-c3ccc4c(c3)c(-c3ccccc3)c(-c3ccccc3)c3ccccc34)c2)cc1. The molecule has 1 aliphatic rings. The Kier molecular flexibility index (Phi) is 11.2. The van der Waals surface area contributed by atoms with Crippen LogP contribution in [0.3, 0.4) is 0 Å². The lowest BCUT2D eigenvalue weighted by atomic mass is 9.68. The predicted octanol–water partition coefficient (Wildman–Crippen LogP) is 20.2. The minimum atomic E-state index is -0.520. The highest BCUT2D eigenvalue weighted by molar-refractivity contribution is 6.22. The maximum absolute atomic E-state index is 2.51. The third-order valence-electron chi connectivity index (χ3n) is 15.7. The average Bonchev–Trinajstić information content (AvgIpc) is 4.03. The molecular formula is C75H51N. The van der Waals surface area contributed by atoms with Crippen molar-refractivity contribution in [3.63, 3.8) is 0 Å². The summed E-state index contributed by atoms with van der Waals surface area (Å²) < 4.78 is 0. The van der Waals surface area contributed by atoms with E-state index in [-0.39, 0.29) is 0 Å². The Labute approximate surface area is 444 Å². The normalized spacial score (nSPS) is 12.3. The summed E-state index contributed by atoms with van der Waals surface area (Å²) in [5, 5.41) is 4.93. The quantitative estimate of drug-likeness (QED) is 0.123. The molecule has 13 aromatic rings. The van der Waals surface area contributed by atoms with Gasteiger partial charge in [0.25, 0.3) is 0 Å². The molecule has 0 radical (unpaired) electrons. The van der Waals surface area contributed by atoms with Crippen molar-refractivity contribution in [3.8, 4) is 66.8 Å². The summed E-state index contributed by atoms with van der Waals surface area (Å²) in [6, 6.07) is 114. The van der Waals surface area contributed by atoms with Gasteiger partial charge in [-0.2, -0.15) is 0 Å². The first kappa shape index (κ1) is 44.8. The van der Waals surface area contributed by atoms with Crippen molar-refractivity contribution in [2.45, 2.75) is 5.41 Å². The largest absolute Gasteiger partial charge is 0.310 e. The van der Waals surface area contributed by atoms with Gasteiger partial charge in [0.1, 0.15) is 0 Å². The van der Waals surface area contributed by atoms with E-state index in [1.165, 1.54) is 77.2 Å². The van der Waals surface area contributed by atoms with Crippen LogP contribution in [0.2, 0.25) is 0 Å². The molecule has 13 aromatic carbocycles. The van der Waals surface area contributed by atoms with Crippen LogP contribution in [0, 0.1) is 0 Å². The minimum absolute atomic E-state index is 0.520. The van der Waals surface area contributed by atoms with E-state index in [9.17, 15) is 0 Å². The summed E-state index contributed by atoms with van der Waals surface area (Å²) >= 11 is 0. The number of anilines is 3. The monoisotopic (exact) mass is 965 g/mol. The van der Waals surface area contributed by atoms with Gasteiger partial charge >= 0.3 is 0 Å². The highest BCUT2D eigenvalue weighted by atomic mass is 15.1. The number of hydrogen-bond acceptors (Lipinski definition) is 1. The summed E-state index contributed by atoms with van der Waals surface area (Å²) in [6.45, 7) is 0. The molecule has 1 heteroatoms. The molecule has 76 heavy (non-hydrogen) atoms. The fourth-order valence-electron chi connectivity index (χ4n) is 12.4. The van der Waals surface area contributed by atoms with Crippen LogP contribution in [-0.2, 0) is 5.41 Å². The number of para-hydroxylation sites is 1. The second-order valence-corrected chi connectivity index (χ2v) is 19.9. The smallest absolute Gasteiger partial charge is 0.0713 e. The van der Waals surface area contributed by atoms with E-state index in [0.717, 1.165) is 50.4 Å². The maximum Gasteiger partial charge on any atom is 0.0713 e. The zero-order valence-electron chi connectivity index (χ0n) is 41.9. The molecule has 0 amide bonds. The van der Waals surface area contributed by atoms with E-state index < -0.39 is 5.41 Å². The maximum atomic E-state index is 2.51. The van der Waals surface area contributed by atoms with E-state index in [1.807, 2.05) is 0 Å². The number of rotatable bonds is 10. The fourth-order valence-corrected chi connectivity index (χ4v) is 12.4. The second kappa shape index (κ2) is 18.9. The Bertz CT molecular complexity index is 4150. The van der Waals surface area contributed by atoms with Crippen LogP contribution in [0.25, 0.3) is 88.3 Å². The van der Waals surface area contributed by atoms with Crippen molar-refractivity contribution in [1.82, 2.24) is 0 Å². The topological polar surface area (TPSA) is 3.24 Å². The van der Waals surface area contributed by atoms with Crippen molar-refractivity contribution in [3.05, 3.63) is 332 Å². The minimum Gasteiger partial charge on any atom is -0.310 e. The molecule has 0 saturated heterocycles.